The van der Waals surface area contributed by atoms with Gasteiger partial charge in [0.05, 0.1) is 11.3 Å². The van der Waals surface area contributed by atoms with Gasteiger partial charge in [-0.05, 0) is 19.1 Å². The second-order valence-corrected chi connectivity index (χ2v) is 3.18. The molecule has 76 valence electrons. The van der Waals surface area contributed by atoms with Crippen molar-refractivity contribution in [3.8, 4) is 0 Å². The summed E-state index contributed by atoms with van der Waals surface area (Å²) in [4.78, 5) is 27.3. The number of nitrogens with zero attached hydrogens (tertiary/aromatic N) is 1. The fourth-order valence-electron chi connectivity index (χ4n) is 1.52. The van der Waals surface area contributed by atoms with Gasteiger partial charge in [-0.3, -0.25) is 14.6 Å². The number of aromatic nitrogens is 1. The van der Waals surface area contributed by atoms with Crippen molar-refractivity contribution in [2.24, 2.45) is 0 Å². The third-order valence-corrected chi connectivity index (χ3v) is 2.17. The van der Waals surface area contributed by atoms with Crippen LogP contribution >= 0.6 is 0 Å². The van der Waals surface area contributed by atoms with Gasteiger partial charge in [-0.25, -0.2) is 0 Å². The van der Waals surface area contributed by atoms with Gasteiger partial charge in [0.25, 0.3) is 0 Å². The number of carbonyl (C=O) groups is 2. The van der Waals surface area contributed by atoms with E-state index in [0.29, 0.717) is 17.8 Å². The highest BCUT2D eigenvalue weighted by atomic mass is 16.1. The molecular weight excluding hydrogens is 192 g/mol. The van der Waals surface area contributed by atoms with Gasteiger partial charge in [-0.15, -0.1) is 0 Å². The van der Waals surface area contributed by atoms with Crippen molar-refractivity contribution in [2.75, 3.05) is 6.54 Å². The molecule has 0 saturated heterocycles. The van der Waals surface area contributed by atoms with E-state index in [4.69, 9.17) is 0 Å². The Morgan fingerprint density at radius 2 is 2.20 bits per heavy atom. The monoisotopic (exact) mass is 202 g/mol. The van der Waals surface area contributed by atoms with Gasteiger partial charge in [-0.1, -0.05) is 0 Å². The zero-order chi connectivity index (χ0) is 10.8. The quantitative estimate of drug-likeness (QED) is 0.775. The number of allylic oxidation sites excluding steroid dienone is 2. The second kappa shape index (κ2) is 3.65. The molecule has 1 aromatic heterocycles. The lowest BCUT2D eigenvalue weighted by Crippen LogP contribution is -2.27. The summed E-state index contributed by atoms with van der Waals surface area (Å²) >= 11 is 0. The zero-order valence-corrected chi connectivity index (χ0v) is 8.28. The number of pyridine rings is 1. The number of hydrogen-bond acceptors (Lipinski definition) is 4. The number of carbonyl (C=O) groups excluding carboxylic acids is 2. The lowest BCUT2D eigenvalue weighted by molar-refractivity contribution is 0.0975. The summed E-state index contributed by atoms with van der Waals surface area (Å²) in [6.45, 7) is 2.48. The minimum Gasteiger partial charge on any atom is -0.382 e. The predicted octanol–water partition coefficient (Wildman–Crippen LogP) is 0.954. The molecule has 0 saturated carbocycles. The van der Waals surface area contributed by atoms with Crippen molar-refractivity contribution in [1.82, 2.24) is 10.3 Å². The first kappa shape index (κ1) is 9.58. The summed E-state index contributed by atoms with van der Waals surface area (Å²) in [5.41, 5.74) is 0.966. The maximum atomic E-state index is 11.8. The Hall–Kier alpha value is -1.97. The number of Topliss-reactive ketones (excluding diaryl/α,β-unsaturated/α-hetero) is 1. The van der Waals surface area contributed by atoms with Gasteiger partial charge in [0.15, 0.2) is 0 Å². The lowest BCUT2D eigenvalue weighted by atomic mass is 9.97. The van der Waals surface area contributed by atoms with E-state index >= 15 is 0 Å². The van der Waals surface area contributed by atoms with Crippen LogP contribution in [0.15, 0.2) is 30.1 Å². The molecule has 0 unspecified atom stereocenters. The van der Waals surface area contributed by atoms with Crippen LogP contribution in [0.5, 0.6) is 0 Å². The summed E-state index contributed by atoms with van der Waals surface area (Å²) in [5.74, 6) is -0.388. The Kier molecular flexibility index (Phi) is 2.33. The van der Waals surface area contributed by atoms with Crippen molar-refractivity contribution in [2.45, 2.75) is 6.92 Å². The summed E-state index contributed by atoms with van der Waals surface area (Å²) < 4.78 is 0. The van der Waals surface area contributed by atoms with Crippen LogP contribution in [-0.4, -0.2) is 23.1 Å². The van der Waals surface area contributed by atoms with Gasteiger partial charge < -0.3 is 5.32 Å². The highest BCUT2D eigenvalue weighted by Crippen LogP contribution is 2.17. The van der Waals surface area contributed by atoms with Gasteiger partial charge in [0.1, 0.15) is 5.69 Å². The molecule has 0 atom stereocenters. The molecule has 1 N–H and O–H groups in total. The van der Waals surface area contributed by atoms with Crippen molar-refractivity contribution in [3.05, 3.63) is 41.4 Å². The standard InChI is InChI=1S/C11H10N2O2/c1-2-12-8-6-9(14)10-7(11(8)15)4-3-5-13-10/h3-6,12H,2H2,1H3. The molecule has 1 aromatic rings. The molecule has 1 aliphatic carbocycles. The normalized spacial score (nSPS) is 14.6. The highest BCUT2D eigenvalue weighted by molar-refractivity contribution is 6.23. The number of nitrogens with one attached hydrogen (secondary N) is 1. The summed E-state index contributed by atoms with van der Waals surface area (Å²) in [7, 11) is 0. The molecule has 2 rings (SSSR count). The van der Waals surface area contributed by atoms with Crippen LogP contribution in [0.2, 0.25) is 0 Å². The predicted molar refractivity (Wildman–Crippen MR) is 54.7 cm³/mol. The van der Waals surface area contributed by atoms with Crippen LogP contribution in [-0.2, 0) is 0 Å². The number of likely N-dealkylation sites (N-methyl/N-ethyl adjacent to an activating group) is 1. The maximum absolute atomic E-state index is 11.8. The van der Waals surface area contributed by atoms with Crippen LogP contribution in [0.4, 0.5) is 0 Å². The highest BCUT2D eigenvalue weighted by Gasteiger charge is 2.25. The summed E-state index contributed by atoms with van der Waals surface area (Å²) in [6.07, 6.45) is 2.82. The number of rotatable bonds is 2. The molecule has 15 heavy (non-hydrogen) atoms. The van der Waals surface area contributed by atoms with E-state index in [9.17, 15) is 9.59 Å². The van der Waals surface area contributed by atoms with E-state index in [2.05, 4.69) is 10.3 Å². The molecule has 0 aliphatic heterocycles. The Bertz CT molecular complexity index is 463. The molecule has 4 heteroatoms. The third-order valence-electron chi connectivity index (χ3n) is 2.17. The van der Waals surface area contributed by atoms with E-state index in [1.54, 1.807) is 12.1 Å². The molecule has 0 amide bonds. The maximum Gasteiger partial charge on any atom is 0.211 e. The van der Waals surface area contributed by atoms with Crippen molar-refractivity contribution < 1.29 is 9.59 Å². The Balaban J connectivity index is 2.49. The van der Waals surface area contributed by atoms with Crippen LogP contribution < -0.4 is 5.32 Å². The Morgan fingerprint density at radius 1 is 1.40 bits per heavy atom. The zero-order valence-electron chi connectivity index (χ0n) is 8.28. The molecule has 0 fully saturated rings. The summed E-state index contributed by atoms with van der Waals surface area (Å²) in [6, 6.07) is 3.27. The van der Waals surface area contributed by atoms with E-state index in [1.165, 1.54) is 12.3 Å². The molecule has 0 radical (unpaired) electrons. The Labute approximate surface area is 87.0 Å². The molecule has 0 spiro atoms. The van der Waals surface area contributed by atoms with Gasteiger partial charge in [0, 0.05) is 18.8 Å². The minimum absolute atomic E-state index is 0.167. The molecule has 4 nitrogen and oxygen atoms in total. The minimum atomic E-state index is -0.221. The Morgan fingerprint density at radius 3 is 2.93 bits per heavy atom. The smallest absolute Gasteiger partial charge is 0.211 e. The number of fused-ring (bicyclic) bond motifs is 1. The lowest BCUT2D eigenvalue weighted by Gasteiger charge is -2.14. The van der Waals surface area contributed by atoms with E-state index < -0.39 is 0 Å². The average Bonchev–Trinajstić information content (AvgIpc) is 2.26. The topological polar surface area (TPSA) is 59.1 Å². The van der Waals surface area contributed by atoms with Gasteiger partial charge in [-0.2, -0.15) is 0 Å². The number of ketones is 2. The van der Waals surface area contributed by atoms with Crippen molar-refractivity contribution in [1.29, 1.82) is 0 Å². The molecular formula is C11H10N2O2. The molecule has 1 aliphatic rings. The van der Waals surface area contributed by atoms with Crippen LogP contribution in [0.1, 0.15) is 27.8 Å². The van der Waals surface area contributed by atoms with Crippen LogP contribution in [0.25, 0.3) is 0 Å². The third kappa shape index (κ3) is 1.54. The molecule has 1 heterocycles. The SMILES string of the molecule is CCNC1=CC(=O)c2ncccc2C1=O. The van der Waals surface area contributed by atoms with Crippen molar-refractivity contribution >= 4 is 11.6 Å². The van der Waals surface area contributed by atoms with Gasteiger partial charge in [0.2, 0.25) is 11.6 Å². The van der Waals surface area contributed by atoms with E-state index in [0.717, 1.165) is 0 Å². The second-order valence-electron chi connectivity index (χ2n) is 3.18. The fourth-order valence-corrected chi connectivity index (χ4v) is 1.52. The van der Waals surface area contributed by atoms with Gasteiger partial charge >= 0.3 is 0 Å². The average molecular weight is 202 g/mol. The molecule has 0 bridgehead atoms. The summed E-state index contributed by atoms with van der Waals surface area (Å²) in [5, 5.41) is 2.87. The van der Waals surface area contributed by atoms with E-state index in [1.807, 2.05) is 6.92 Å². The first-order valence-electron chi connectivity index (χ1n) is 4.73. The first-order chi connectivity index (χ1) is 7.24. The number of hydrogen-bond donors (Lipinski definition) is 1. The van der Waals surface area contributed by atoms with Crippen LogP contribution in [0.3, 0.4) is 0 Å². The largest absolute Gasteiger partial charge is 0.382 e. The van der Waals surface area contributed by atoms with Crippen molar-refractivity contribution in [3.63, 3.8) is 0 Å². The van der Waals surface area contributed by atoms with Crippen LogP contribution in [0, 0.1) is 0 Å². The van der Waals surface area contributed by atoms with E-state index in [-0.39, 0.29) is 17.3 Å². The first-order valence-corrected chi connectivity index (χ1v) is 4.73. The molecule has 0 aromatic carbocycles. The fraction of sp³-hybridized carbons (Fsp3) is 0.182.